The van der Waals surface area contributed by atoms with Gasteiger partial charge in [-0.3, -0.25) is 14.5 Å². The third kappa shape index (κ3) is 4.98. The van der Waals surface area contributed by atoms with E-state index in [2.05, 4.69) is 10.2 Å². The molecule has 3 aromatic carbocycles. The van der Waals surface area contributed by atoms with Crippen molar-refractivity contribution in [3.05, 3.63) is 100 Å². The molecule has 0 saturated carbocycles. The van der Waals surface area contributed by atoms with Gasteiger partial charge in [-0.1, -0.05) is 77.2 Å². The monoisotopic (exact) mass is 577 g/mol. The number of halogens is 1. The van der Waals surface area contributed by atoms with Crippen LogP contribution < -0.4 is 14.4 Å². The Labute approximate surface area is 236 Å². The van der Waals surface area contributed by atoms with Crippen LogP contribution in [0.1, 0.15) is 22.7 Å². The molecule has 39 heavy (non-hydrogen) atoms. The summed E-state index contributed by atoms with van der Waals surface area (Å²) in [6.45, 7) is 0.789. The minimum atomic E-state index is -0.961. The SMILES string of the molecule is O=C1C(=O)N(c2nnc(SCc3ccccc3)s2)C(c2cccc(Cl)c2)/C1=C(\O)c1ccc2c(c1)OCCO2. The van der Waals surface area contributed by atoms with Crippen LogP contribution in [0.5, 0.6) is 11.5 Å². The second-order valence-electron chi connectivity index (χ2n) is 8.71. The minimum absolute atomic E-state index is 0.0763. The van der Waals surface area contributed by atoms with Crippen molar-refractivity contribution in [2.45, 2.75) is 16.1 Å². The quantitative estimate of drug-likeness (QED) is 0.0996. The summed E-state index contributed by atoms with van der Waals surface area (Å²) in [4.78, 5) is 28.1. The zero-order valence-electron chi connectivity index (χ0n) is 20.2. The fourth-order valence-corrected chi connectivity index (χ4v) is 6.47. The summed E-state index contributed by atoms with van der Waals surface area (Å²) >= 11 is 8.98. The summed E-state index contributed by atoms with van der Waals surface area (Å²) in [6, 6.07) is 20.7. The van der Waals surface area contributed by atoms with E-state index in [0.717, 1.165) is 5.56 Å². The Kier molecular flexibility index (Phi) is 6.99. The van der Waals surface area contributed by atoms with Crippen molar-refractivity contribution in [2.75, 3.05) is 18.1 Å². The summed E-state index contributed by atoms with van der Waals surface area (Å²) in [5.41, 5.74) is 1.92. The second-order valence-corrected chi connectivity index (χ2v) is 11.3. The van der Waals surface area contributed by atoms with E-state index in [1.165, 1.54) is 28.0 Å². The van der Waals surface area contributed by atoms with Crippen LogP contribution in [0.15, 0.2) is 82.7 Å². The number of benzene rings is 3. The van der Waals surface area contributed by atoms with E-state index in [9.17, 15) is 14.7 Å². The van der Waals surface area contributed by atoms with Gasteiger partial charge >= 0.3 is 5.91 Å². The van der Waals surface area contributed by atoms with E-state index in [1.807, 2.05) is 30.3 Å². The number of aliphatic hydroxyl groups is 1. The molecule has 1 fully saturated rings. The van der Waals surface area contributed by atoms with Crippen LogP contribution in [0.2, 0.25) is 5.02 Å². The molecule has 0 aliphatic carbocycles. The van der Waals surface area contributed by atoms with Crippen molar-refractivity contribution in [3.8, 4) is 11.5 Å². The lowest BCUT2D eigenvalue weighted by Crippen LogP contribution is -2.29. The van der Waals surface area contributed by atoms with E-state index >= 15 is 0 Å². The molecule has 1 saturated heterocycles. The molecule has 0 spiro atoms. The van der Waals surface area contributed by atoms with E-state index < -0.39 is 17.7 Å². The first kappa shape index (κ1) is 25.4. The molecule has 3 heterocycles. The molecule has 2 aliphatic heterocycles. The van der Waals surface area contributed by atoms with Gasteiger partial charge in [0.1, 0.15) is 19.0 Å². The molecule has 196 valence electrons. The van der Waals surface area contributed by atoms with Crippen LogP contribution in [0.25, 0.3) is 5.76 Å². The molecule has 1 N–H and O–H groups in total. The molecule has 1 aromatic heterocycles. The lowest BCUT2D eigenvalue weighted by atomic mass is 9.95. The number of hydrogen-bond donors (Lipinski definition) is 1. The number of rotatable bonds is 6. The Morgan fingerprint density at radius 3 is 2.59 bits per heavy atom. The average Bonchev–Trinajstić information content (AvgIpc) is 3.53. The smallest absolute Gasteiger partial charge is 0.301 e. The highest BCUT2D eigenvalue weighted by Gasteiger charge is 2.48. The van der Waals surface area contributed by atoms with Crippen LogP contribution in [0.4, 0.5) is 5.13 Å². The van der Waals surface area contributed by atoms with Gasteiger partial charge in [-0.15, -0.1) is 10.2 Å². The number of carbonyl (C=O) groups is 2. The van der Waals surface area contributed by atoms with Crippen molar-refractivity contribution < 1.29 is 24.2 Å². The predicted octanol–water partition coefficient (Wildman–Crippen LogP) is 5.88. The Hall–Kier alpha value is -3.86. The van der Waals surface area contributed by atoms with Crippen molar-refractivity contribution >= 4 is 57.3 Å². The fraction of sp³-hybridized carbons (Fsp3) is 0.143. The average molecular weight is 578 g/mol. The molecular formula is C28H20ClN3O5S2. The van der Waals surface area contributed by atoms with Gasteiger partial charge in [0.05, 0.1) is 11.6 Å². The van der Waals surface area contributed by atoms with Gasteiger partial charge in [0.15, 0.2) is 15.8 Å². The number of fused-ring (bicyclic) bond motifs is 1. The number of amides is 1. The normalized spacial score (nSPS) is 18.0. The summed E-state index contributed by atoms with van der Waals surface area (Å²) in [6.07, 6.45) is 0. The van der Waals surface area contributed by atoms with E-state index in [0.29, 0.717) is 51.0 Å². The number of hydrogen-bond acceptors (Lipinski definition) is 9. The van der Waals surface area contributed by atoms with Crippen LogP contribution in [0.3, 0.4) is 0 Å². The number of aromatic nitrogens is 2. The molecule has 11 heteroatoms. The Balaban J connectivity index is 1.40. The number of ether oxygens (including phenoxy) is 2. The van der Waals surface area contributed by atoms with Gasteiger partial charge in [0, 0.05) is 16.3 Å². The third-order valence-electron chi connectivity index (χ3n) is 6.23. The van der Waals surface area contributed by atoms with Gasteiger partial charge in [-0.2, -0.15) is 0 Å². The van der Waals surface area contributed by atoms with Crippen molar-refractivity contribution in [1.82, 2.24) is 10.2 Å². The van der Waals surface area contributed by atoms with Crippen molar-refractivity contribution in [2.24, 2.45) is 0 Å². The van der Waals surface area contributed by atoms with Crippen LogP contribution >= 0.6 is 34.7 Å². The van der Waals surface area contributed by atoms with Crippen LogP contribution in [-0.4, -0.2) is 40.2 Å². The number of anilines is 1. The van der Waals surface area contributed by atoms with E-state index in [4.69, 9.17) is 21.1 Å². The van der Waals surface area contributed by atoms with Gasteiger partial charge in [-0.05, 0) is 41.5 Å². The maximum atomic E-state index is 13.4. The first-order chi connectivity index (χ1) is 19.0. The van der Waals surface area contributed by atoms with Crippen LogP contribution in [0, 0.1) is 0 Å². The molecule has 1 unspecified atom stereocenters. The summed E-state index contributed by atoms with van der Waals surface area (Å²) in [7, 11) is 0. The maximum absolute atomic E-state index is 13.4. The first-order valence-electron chi connectivity index (χ1n) is 12.0. The zero-order valence-corrected chi connectivity index (χ0v) is 22.6. The molecule has 6 rings (SSSR count). The number of ketones is 1. The van der Waals surface area contributed by atoms with E-state index in [-0.39, 0.29) is 16.5 Å². The number of nitrogens with zero attached hydrogens (tertiary/aromatic N) is 3. The molecule has 0 radical (unpaired) electrons. The summed E-state index contributed by atoms with van der Waals surface area (Å²) < 4.78 is 11.9. The third-order valence-corrected chi connectivity index (χ3v) is 8.59. The van der Waals surface area contributed by atoms with Gasteiger partial charge in [-0.25, -0.2) is 0 Å². The predicted molar refractivity (Wildman–Crippen MR) is 150 cm³/mol. The molecule has 8 nitrogen and oxygen atoms in total. The Morgan fingerprint density at radius 2 is 1.79 bits per heavy atom. The number of aliphatic hydroxyl groups excluding tert-OH is 1. The van der Waals surface area contributed by atoms with Gasteiger partial charge in [0.25, 0.3) is 5.78 Å². The highest BCUT2D eigenvalue weighted by atomic mass is 35.5. The highest BCUT2D eigenvalue weighted by Crippen LogP contribution is 2.45. The zero-order chi connectivity index (χ0) is 26.9. The topological polar surface area (TPSA) is 102 Å². The molecule has 2 aliphatic rings. The highest BCUT2D eigenvalue weighted by molar-refractivity contribution is 8.00. The second kappa shape index (κ2) is 10.7. The number of Topliss-reactive ketones (excluding diaryl/α,β-unsaturated/α-hetero) is 1. The summed E-state index contributed by atoms with van der Waals surface area (Å²) in [5, 5.41) is 20.6. The fourth-order valence-electron chi connectivity index (χ4n) is 4.45. The largest absolute Gasteiger partial charge is 0.507 e. The number of thioether (sulfide) groups is 1. The summed E-state index contributed by atoms with van der Waals surface area (Å²) in [5.74, 6) is -0.310. The van der Waals surface area contributed by atoms with Gasteiger partial charge in [0.2, 0.25) is 5.13 Å². The van der Waals surface area contributed by atoms with Crippen molar-refractivity contribution in [3.63, 3.8) is 0 Å². The molecule has 1 atom stereocenters. The molecular weight excluding hydrogens is 558 g/mol. The van der Waals surface area contributed by atoms with Crippen molar-refractivity contribution in [1.29, 1.82) is 0 Å². The number of carbonyl (C=O) groups excluding carboxylic acids is 2. The molecule has 1 amide bonds. The Bertz CT molecular complexity index is 1610. The minimum Gasteiger partial charge on any atom is -0.507 e. The lowest BCUT2D eigenvalue weighted by molar-refractivity contribution is -0.132. The molecule has 4 aromatic rings. The maximum Gasteiger partial charge on any atom is 0.301 e. The standard InChI is InChI=1S/C28H20ClN3O5S2/c29-19-8-4-7-17(13-19)23-22(24(33)18-9-10-20-21(14-18)37-12-11-36-20)25(34)26(35)32(23)27-30-31-28(39-27)38-15-16-5-2-1-3-6-16/h1-10,13-14,23,33H,11-12,15H2/b24-22+. The Morgan fingerprint density at radius 1 is 1.00 bits per heavy atom. The van der Waals surface area contributed by atoms with E-state index in [1.54, 1.807) is 42.5 Å². The van der Waals surface area contributed by atoms with Gasteiger partial charge < -0.3 is 14.6 Å². The first-order valence-corrected chi connectivity index (χ1v) is 14.1. The lowest BCUT2D eigenvalue weighted by Gasteiger charge is -2.23. The van der Waals surface area contributed by atoms with Crippen LogP contribution in [-0.2, 0) is 15.3 Å². The molecule has 0 bridgehead atoms.